The van der Waals surface area contributed by atoms with Crippen LogP contribution < -0.4 is 14.8 Å². The fourth-order valence-electron chi connectivity index (χ4n) is 1.52. The third kappa shape index (κ3) is 4.31. The number of methoxy groups -OCH3 is 1. The summed E-state index contributed by atoms with van der Waals surface area (Å²) in [6.07, 6.45) is 0.430. The molecule has 1 rings (SSSR count). The number of ether oxygens (including phenoxy) is 2. The van der Waals surface area contributed by atoms with Crippen molar-refractivity contribution in [2.75, 3.05) is 7.11 Å². The van der Waals surface area contributed by atoms with Gasteiger partial charge in [-0.1, -0.05) is 6.92 Å². The van der Waals surface area contributed by atoms with Crippen LogP contribution in [0.1, 0.15) is 30.6 Å². The van der Waals surface area contributed by atoms with E-state index in [2.05, 4.69) is 10.1 Å². The molecule has 1 atom stereocenters. The molecule has 0 radical (unpaired) electrons. The molecule has 0 spiro atoms. The minimum Gasteiger partial charge on any atom is -0.493 e. The minimum absolute atomic E-state index is 0.0121. The van der Waals surface area contributed by atoms with E-state index in [1.165, 1.54) is 25.3 Å². The van der Waals surface area contributed by atoms with Gasteiger partial charge in [0.25, 0.3) is 5.91 Å². The second-order valence-electron chi connectivity index (χ2n) is 4.50. The summed E-state index contributed by atoms with van der Waals surface area (Å²) in [6, 6.07) is 5.83. The molecule has 0 saturated carbocycles. The Morgan fingerprint density at radius 3 is 2.62 bits per heavy atom. The zero-order chi connectivity index (χ0) is 16.0. The van der Waals surface area contributed by atoms with Crippen molar-refractivity contribution in [3.8, 4) is 17.6 Å². The van der Waals surface area contributed by atoms with Gasteiger partial charge in [-0.2, -0.15) is 14.0 Å². The first-order chi connectivity index (χ1) is 9.85. The van der Waals surface area contributed by atoms with E-state index in [0.717, 1.165) is 0 Å². The molecular formula is C14H16F2N2O3. The summed E-state index contributed by atoms with van der Waals surface area (Å²) in [5, 5.41) is 11.6. The van der Waals surface area contributed by atoms with Gasteiger partial charge in [-0.3, -0.25) is 4.79 Å². The highest BCUT2D eigenvalue weighted by Gasteiger charge is 2.25. The maximum absolute atomic E-state index is 12.2. The number of nitriles is 1. The number of carbonyl (C=O) groups excluding carboxylic acids is 1. The molecule has 21 heavy (non-hydrogen) atoms. The predicted octanol–water partition coefficient (Wildman–Crippen LogP) is 2.72. The molecule has 1 N–H and O–H groups in total. The van der Waals surface area contributed by atoms with Crippen LogP contribution in [0, 0.1) is 11.3 Å². The number of nitrogens with one attached hydrogen (secondary N) is 1. The molecule has 5 nitrogen and oxygen atoms in total. The maximum atomic E-state index is 12.2. The van der Waals surface area contributed by atoms with Crippen molar-refractivity contribution < 1.29 is 23.0 Å². The first kappa shape index (κ1) is 16.7. The molecule has 0 fully saturated rings. The number of halogens is 2. The van der Waals surface area contributed by atoms with Crippen LogP contribution in [-0.4, -0.2) is 25.2 Å². The lowest BCUT2D eigenvalue weighted by molar-refractivity contribution is -0.0512. The standard InChI is InChI=1S/C14H16F2N2O3/c1-4-14(2,8-17)18-12(19)9-5-6-10(21-13(15)16)11(7-9)20-3/h5-7,13H,4H2,1-3H3,(H,18,19). The fraction of sp³-hybridized carbons (Fsp3) is 0.429. The summed E-state index contributed by atoms with van der Waals surface area (Å²) in [5.41, 5.74) is -0.814. The van der Waals surface area contributed by atoms with Crippen molar-refractivity contribution in [2.24, 2.45) is 0 Å². The quantitative estimate of drug-likeness (QED) is 0.876. The number of rotatable bonds is 6. The Bertz CT molecular complexity index is 558. The summed E-state index contributed by atoms with van der Waals surface area (Å²) < 4.78 is 33.6. The molecule has 0 aliphatic rings. The zero-order valence-corrected chi connectivity index (χ0v) is 11.9. The normalized spacial score (nSPS) is 13.2. The number of hydrogen-bond acceptors (Lipinski definition) is 4. The summed E-state index contributed by atoms with van der Waals surface area (Å²) in [4.78, 5) is 12.1. The van der Waals surface area contributed by atoms with Gasteiger partial charge in [0.05, 0.1) is 13.2 Å². The highest BCUT2D eigenvalue weighted by atomic mass is 19.3. The van der Waals surface area contributed by atoms with Gasteiger partial charge < -0.3 is 14.8 Å². The van der Waals surface area contributed by atoms with E-state index in [1.54, 1.807) is 13.8 Å². The first-order valence-corrected chi connectivity index (χ1v) is 6.22. The van der Waals surface area contributed by atoms with Gasteiger partial charge in [-0.05, 0) is 31.5 Å². The molecule has 0 aromatic heterocycles. The van der Waals surface area contributed by atoms with E-state index < -0.39 is 18.1 Å². The third-order valence-corrected chi connectivity index (χ3v) is 2.99. The number of hydrogen-bond donors (Lipinski definition) is 1. The highest BCUT2D eigenvalue weighted by molar-refractivity contribution is 5.95. The molecule has 1 unspecified atom stereocenters. The van der Waals surface area contributed by atoms with Crippen LogP contribution >= 0.6 is 0 Å². The second kappa shape index (κ2) is 6.88. The monoisotopic (exact) mass is 298 g/mol. The van der Waals surface area contributed by atoms with Crippen molar-refractivity contribution in [1.29, 1.82) is 5.26 Å². The number of alkyl halides is 2. The lowest BCUT2D eigenvalue weighted by Crippen LogP contribution is -2.44. The van der Waals surface area contributed by atoms with Crippen molar-refractivity contribution in [2.45, 2.75) is 32.4 Å². The molecule has 0 aliphatic carbocycles. The number of carbonyl (C=O) groups is 1. The van der Waals surface area contributed by atoms with E-state index in [0.29, 0.717) is 6.42 Å². The average molecular weight is 298 g/mol. The number of amides is 1. The fourth-order valence-corrected chi connectivity index (χ4v) is 1.52. The molecule has 0 bridgehead atoms. The van der Waals surface area contributed by atoms with Crippen LogP contribution in [0.5, 0.6) is 11.5 Å². The van der Waals surface area contributed by atoms with Gasteiger partial charge in [-0.15, -0.1) is 0 Å². The van der Waals surface area contributed by atoms with Crippen molar-refractivity contribution in [3.63, 3.8) is 0 Å². The SMILES string of the molecule is CCC(C)(C#N)NC(=O)c1ccc(OC(F)F)c(OC)c1. The van der Waals surface area contributed by atoms with Crippen LogP contribution in [0.2, 0.25) is 0 Å². The van der Waals surface area contributed by atoms with E-state index >= 15 is 0 Å². The summed E-state index contributed by atoms with van der Waals surface area (Å²) >= 11 is 0. The van der Waals surface area contributed by atoms with E-state index in [1.807, 2.05) is 6.07 Å². The third-order valence-electron chi connectivity index (χ3n) is 2.99. The zero-order valence-electron chi connectivity index (χ0n) is 11.9. The van der Waals surface area contributed by atoms with E-state index in [9.17, 15) is 13.6 Å². The van der Waals surface area contributed by atoms with Gasteiger partial charge in [0.15, 0.2) is 11.5 Å². The predicted molar refractivity (Wildman–Crippen MR) is 71.4 cm³/mol. The van der Waals surface area contributed by atoms with Gasteiger partial charge in [-0.25, -0.2) is 0 Å². The van der Waals surface area contributed by atoms with Crippen molar-refractivity contribution in [1.82, 2.24) is 5.32 Å². The molecule has 1 amide bonds. The lowest BCUT2D eigenvalue weighted by Gasteiger charge is -2.21. The number of benzene rings is 1. The Hall–Kier alpha value is -2.36. The summed E-state index contributed by atoms with van der Waals surface area (Å²) in [7, 11) is 1.28. The number of nitrogens with zero attached hydrogens (tertiary/aromatic N) is 1. The Morgan fingerprint density at radius 1 is 1.48 bits per heavy atom. The Morgan fingerprint density at radius 2 is 2.14 bits per heavy atom. The van der Waals surface area contributed by atoms with E-state index in [4.69, 9.17) is 10.00 Å². The molecule has 114 valence electrons. The summed E-state index contributed by atoms with van der Waals surface area (Å²) in [6.45, 7) is 0.376. The molecule has 0 aliphatic heterocycles. The van der Waals surface area contributed by atoms with E-state index in [-0.39, 0.29) is 17.1 Å². The Balaban J connectivity index is 2.99. The molecule has 1 aromatic rings. The molecule has 0 saturated heterocycles. The average Bonchev–Trinajstić information content (AvgIpc) is 2.46. The van der Waals surface area contributed by atoms with Gasteiger partial charge in [0.1, 0.15) is 5.54 Å². The topological polar surface area (TPSA) is 71.4 Å². The molecule has 7 heteroatoms. The minimum atomic E-state index is -2.99. The molecule has 1 aromatic carbocycles. The van der Waals surface area contributed by atoms with Crippen molar-refractivity contribution >= 4 is 5.91 Å². The first-order valence-electron chi connectivity index (χ1n) is 6.22. The Labute approximate surface area is 121 Å². The molecule has 0 heterocycles. The maximum Gasteiger partial charge on any atom is 0.387 e. The van der Waals surface area contributed by atoms with Crippen molar-refractivity contribution in [3.05, 3.63) is 23.8 Å². The van der Waals surface area contributed by atoms with Crippen LogP contribution in [-0.2, 0) is 0 Å². The van der Waals surface area contributed by atoms with Crippen LogP contribution in [0.4, 0.5) is 8.78 Å². The smallest absolute Gasteiger partial charge is 0.387 e. The van der Waals surface area contributed by atoms with Gasteiger partial charge in [0, 0.05) is 5.56 Å². The second-order valence-corrected chi connectivity index (χ2v) is 4.50. The van der Waals surface area contributed by atoms with Crippen LogP contribution in [0.3, 0.4) is 0 Å². The lowest BCUT2D eigenvalue weighted by atomic mass is 10.0. The molecular weight excluding hydrogens is 282 g/mol. The Kier molecular flexibility index (Phi) is 5.47. The highest BCUT2D eigenvalue weighted by Crippen LogP contribution is 2.29. The van der Waals surface area contributed by atoms with Gasteiger partial charge >= 0.3 is 6.61 Å². The van der Waals surface area contributed by atoms with Gasteiger partial charge in [0.2, 0.25) is 0 Å². The van der Waals surface area contributed by atoms with Crippen LogP contribution in [0.15, 0.2) is 18.2 Å². The largest absolute Gasteiger partial charge is 0.493 e. The summed E-state index contributed by atoms with van der Waals surface area (Å²) in [5.74, 6) is -0.650. The van der Waals surface area contributed by atoms with Crippen LogP contribution in [0.25, 0.3) is 0 Å².